The van der Waals surface area contributed by atoms with Gasteiger partial charge in [-0.05, 0) is 49.6 Å². The van der Waals surface area contributed by atoms with Gasteiger partial charge in [-0.2, -0.15) is 0 Å². The van der Waals surface area contributed by atoms with E-state index in [0.29, 0.717) is 32.8 Å². The first kappa shape index (κ1) is 30.7. The zero-order valence-corrected chi connectivity index (χ0v) is 25.4. The fraction of sp³-hybridized carbons (Fsp3) is 0.310. The van der Waals surface area contributed by atoms with Gasteiger partial charge in [-0.25, -0.2) is 9.37 Å². The molecule has 1 aliphatic heterocycles. The standard InChI is InChI=1S/C29H25B2Cl2FN6O3/c1-6-20(41)38-12-28(34,13-38)29(30,31)40-19-11-18(32)23(17-8-10-35-16(5)21(17)33)37-25(19)39(26(42)27(40)43)24-15(4)7-9-36-22(24)14(2)3/h6-11,14H,1,12-13H2,2-5H3. The molecule has 5 rings (SSSR count). The van der Waals surface area contributed by atoms with E-state index >= 15 is 4.39 Å². The molecular formula is C29H25B2Cl2FN6O3. The first-order valence-corrected chi connectivity index (χ1v) is 14.0. The highest BCUT2D eigenvalue weighted by Gasteiger charge is 2.56. The van der Waals surface area contributed by atoms with Gasteiger partial charge < -0.3 is 9.47 Å². The number of halogens is 3. The largest absolute Gasteiger partial charge is 0.333 e. The summed E-state index contributed by atoms with van der Waals surface area (Å²) in [5.41, 5.74) is -2.44. The highest BCUT2D eigenvalue weighted by atomic mass is 35.5. The van der Waals surface area contributed by atoms with Crippen molar-refractivity contribution in [2.45, 2.75) is 44.6 Å². The number of fused-ring (bicyclic) bond motifs is 1. The summed E-state index contributed by atoms with van der Waals surface area (Å²) in [6.07, 6.45) is 4.15. The minimum atomic E-state index is -2.60. The minimum absolute atomic E-state index is 0.0196. The van der Waals surface area contributed by atoms with Gasteiger partial charge in [0.05, 0.1) is 67.1 Å². The third-order valence-corrected chi connectivity index (χ3v) is 8.44. The number of alkyl halides is 1. The van der Waals surface area contributed by atoms with Crippen LogP contribution in [-0.4, -0.2) is 69.3 Å². The number of hydrogen-bond acceptors (Lipinski definition) is 6. The number of rotatable bonds is 6. The van der Waals surface area contributed by atoms with E-state index in [1.165, 1.54) is 12.3 Å². The van der Waals surface area contributed by atoms with Gasteiger partial charge >= 0.3 is 11.1 Å². The van der Waals surface area contributed by atoms with Crippen LogP contribution in [0.4, 0.5) is 4.39 Å². The molecule has 0 aliphatic carbocycles. The molecule has 0 aromatic carbocycles. The number of aryl methyl sites for hydroxylation is 2. The lowest BCUT2D eigenvalue weighted by atomic mass is 9.51. The highest BCUT2D eigenvalue weighted by molar-refractivity contribution is 6.39. The highest BCUT2D eigenvalue weighted by Crippen LogP contribution is 2.40. The van der Waals surface area contributed by atoms with Crippen molar-refractivity contribution in [1.82, 2.24) is 29.0 Å². The zero-order valence-electron chi connectivity index (χ0n) is 23.9. The first-order chi connectivity index (χ1) is 20.1. The Hall–Kier alpha value is -3.76. The Bertz CT molecular complexity index is 1950. The van der Waals surface area contributed by atoms with E-state index in [0.717, 1.165) is 15.5 Å². The number of aromatic nitrogens is 5. The smallest absolute Gasteiger partial charge is 0.322 e. The summed E-state index contributed by atoms with van der Waals surface area (Å²) in [5.74, 6) is -0.701. The summed E-state index contributed by atoms with van der Waals surface area (Å²) in [6.45, 7) is 9.58. The van der Waals surface area contributed by atoms with Crippen LogP contribution in [-0.2, 0) is 10.1 Å². The summed E-state index contributed by atoms with van der Waals surface area (Å²) < 4.78 is 18.1. The van der Waals surface area contributed by atoms with Crippen molar-refractivity contribution in [2.75, 3.05) is 13.1 Å². The average molecular weight is 617 g/mol. The molecule has 4 aromatic rings. The molecule has 1 aliphatic rings. The quantitative estimate of drug-likeness (QED) is 0.186. The SMILES string of the molecule is [B]C([B])(n1c(=O)c(=O)n(-c2c(C)ccnc2C(C)C)c2nc(-c3ccnc(C)c3Cl)c(Cl)cc21)C1(F)CN(C(=O)C=C)C1. The monoisotopic (exact) mass is 616 g/mol. The van der Waals surface area contributed by atoms with E-state index in [1.807, 2.05) is 13.8 Å². The van der Waals surface area contributed by atoms with E-state index in [1.54, 1.807) is 32.2 Å². The fourth-order valence-corrected chi connectivity index (χ4v) is 5.72. The molecule has 1 saturated heterocycles. The molecule has 0 spiro atoms. The van der Waals surface area contributed by atoms with Crippen LogP contribution in [0.3, 0.4) is 0 Å². The molecule has 14 heteroatoms. The van der Waals surface area contributed by atoms with Crippen molar-refractivity contribution in [3.8, 4) is 16.9 Å². The Morgan fingerprint density at radius 2 is 1.79 bits per heavy atom. The van der Waals surface area contributed by atoms with E-state index < -0.39 is 41.1 Å². The lowest BCUT2D eigenvalue weighted by Gasteiger charge is -2.54. The van der Waals surface area contributed by atoms with Crippen LogP contribution in [0.5, 0.6) is 0 Å². The minimum Gasteiger partial charge on any atom is -0.333 e. The molecule has 0 saturated carbocycles. The number of carbonyl (C=O) groups is 1. The maximum Gasteiger partial charge on any atom is 0.322 e. The molecule has 43 heavy (non-hydrogen) atoms. The van der Waals surface area contributed by atoms with Gasteiger partial charge in [0.25, 0.3) is 0 Å². The first-order valence-electron chi connectivity index (χ1n) is 13.3. The summed E-state index contributed by atoms with van der Waals surface area (Å²) in [7, 11) is 12.8. The van der Waals surface area contributed by atoms with Crippen molar-refractivity contribution < 1.29 is 9.18 Å². The van der Waals surface area contributed by atoms with Crippen molar-refractivity contribution in [1.29, 1.82) is 0 Å². The number of nitrogens with zero attached hydrogens (tertiary/aromatic N) is 6. The normalized spacial score (nSPS) is 14.7. The fourth-order valence-electron chi connectivity index (χ4n) is 5.27. The molecule has 0 atom stereocenters. The molecule has 1 fully saturated rings. The van der Waals surface area contributed by atoms with E-state index in [-0.39, 0.29) is 32.8 Å². The second kappa shape index (κ2) is 10.7. The summed E-state index contributed by atoms with van der Waals surface area (Å²) in [6, 6.07) is 4.64. The molecule has 5 heterocycles. The Balaban J connectivity index is 1.92. The Morgan fingerprint density at radius 3 is 2.42 bits per heavy atom. The molecule has 1 amide bonds. The van der Waals surface area contributed by atoms with Gasteiger partial charge in [-0.3, -0.25) is 28.9 Å². The van der Waals surface area contributed by atoms with E-state index in [9.17, 15) is 14.4 Å². The van der Waals surface area contributed by atoms with Crippen molar-refractivity contribution in [3.63, 3.8) is 0 Å². The second-order valence-electron chi connectivity index (χ2n) is 10.9. The van der Waals surface area contributed by atoms with Gasteiger partial charge in [0, 0.05) is 23.3 Å². The molecule has 0 N–H and O–H groups in total. The van der Waals surface area contributed by atoms with Crippen LogP contribution in [0.15, 0.2) is 52.8 Å². The molecule has 9 nitrogen and oxygen atoms in total. The van der Waals surface area contributed by atoms with Gasteiger partial charge in [-0.15, -0.1) is 0 Å². The number of pyridine rings is 3. The van der Waals surface area contributed by atoms with Crippen LogP contribution in [0.1, 0.15) is 36.7 Å². The molecule has 216 valence electrons. The second-order valence-corrected chi connectivity index (χ2v) is 11.7. The van der Waals surface area contributed by atoms with Crippen molar-refractivity contribution >= 4 is 56.0 Å². The predicted molar refractivity (Wildman–Crippen MR) is 166 cm³/mol. The number of likely N-dealkylation sites (tertiary alicyclic amines) is 1. The van der Waals surface area contributed by atoms with Gasteiger partial charge in [-0.1, -0.05) is 43.6 Å². The molecule has 0 unspecified atom stereocenters. The maximum atomic E-state index is 16.3. The van der Waals surface area contributed by atoms with E-state index in [2.05, 4.69) is 16.5 Å². The average Bonchev–Trinajstić information content (AvgIpc) is 2.93. The molecular weight excluding hydrogens is 592 g/mol. The third-order valence-electron chi connectivity index (χ3n) is 7.68. The Labute approximate surface area is 259 Å². The van der Waals surface area contributed by atoms with E-state index in [4.69, 9.17) is 43.9 Å². The summed E-state index contributed by atoms with van der Waals surface area (Å²) in [4.78, 5) is 54.6. The van der Waals surface area contributed by atoms with Crippen LogP contribution >= 0.6 is 23.2 Å². The predicted octanol–water partition coefficient (Wildman–Crippen LogP) is 3.74. The van der Waals surface area contributed by atoms with Gasteiger partial charge in [0.15, 0.2) is 11.3 Å². The van der Waals surface area contributed by atoms with Gasteiger partial charge in [0.2, 0.25) is 5.91 Å². The molecule has 4 aromatic heterocycles. The lowest BCUT2D eigenvalue weighted by molar-refractivity contribution is -0.143. The zero-order chi connectivity index (χ0) is 31.6. The van der Waals surface area contributed by atoms with Crippen LogP contribution in [0.25, 0.3) is 28.1 Å². The van der Waals surface area contributed by atoms with Crippen molar-refractivity contribution in [2.24, 2.45) is 0 Å². The molecule has 0 bridgehead atoms. The van der Waals surface area contributed by atoms with Crippen LogP contribution < -0.4 is 11.1 Å². The Morgan fingerprint density at radius 1 is 1.14 bits per heavy atom. The lowest BCUT2D eigenvalue weighted by Crippen LogP contribution is -2.74. The number of amides is 1. The summed E-state index contributed by atoms with van der Waals surface area (Å²) in [5, 5.41) is -2.30. The molecule has 4 radical (unpaired) electrons. The third kappa shape index (κ3) is 4.71. The Kier molecular flexibility index (Phi) is 7.67. The topological polar surface area (TPSA) is 103 Å². The van der Waals surface area contributed by atoms with Gasteiger partial charge in [0.1, 0.15) is 0 Å². The van der Waals surface area contributed by atoms with Crippen LogP contribution in [0.2, 0.25) is 10.0 Å². The summed E-state index contributed by atoms with van der Waals surface area (Å²) >= 11 is 13.3. The number of carbonyl (C=O) groups excluding carboxylic acids is 1. The maximum absolute atomic E-state index is 16.3. The van der Waals surface area contributed by atoms with Crippen molar-refractivity contribution in [3.05, 3.63) is 91.0 Å². The van der Waals surface area contributed by atoms with Crippen LogP contribution in [0, 0.1) is 13.8 Å². The number of hydrogen-bond donors (Lipinski definition) is 0.